The average Bonchev–Trinajstić information content (AvgIpc) is 3.35. The van der Waals surface area contributed by atoms with Gasteiger partial charge in [0.15, 0.2) is 11.5 Å². The number of carbonyl (C=O) groups excluding carboxylic acids is 1. The first-order valence-electron chi connectivity index (χ1n) is 12.7. The first-order chi connectivity index (χ1) is 17.9. The van der Waals surface area contributed by atoms with Crippen LogP contribution in [0.5, 0.6) is 11.5 Å². The number of benzene rings is 3. The normalized spacial score (nSPS) is 20.2. The summed E-state index contributed by atoms with van der Waals surface area (Å²) < 4.78 is 38.5. The van der Waals surface area contributed by atoms with Crippen molar-refractivity contribution in [2.45, 2.75) is 48.5 Å². The van der Waals surface area contributed by atoms with E-state index in [2.05, 4.69) is 0 Å². The lowest BCUT2D eigenvalue weighted by Gasteiger charge is -2.22. The van der Waals surface area contributed by atoms with E-state index in [4.69, 9.17) is 9.47 Å². The number of Topliss-reactive ketones (excluding diaryl/α,β-unsaturated/α-hetero) is 1. The first-order valence-corrected chi connectivity index (χ1v) is 14.1. The molecule has 1 atom stereocenters. The van der Waals surface area contributed by atoms with Crippen LogP contribution in [-0.4, -0.2) is 49.6 Å². The maximum Gasteiger partial charge on any atom is 0.243 e. The predicted molar refractivity (Wildman–Crippen MR) is 142 cm³/mol. The van der Waals surface area contributed by atoms with Gasteiger partial charge in [0.05, 0.1) is 16.9 Å². The molecule has 0 aromatic heterocycles. The lowest BCUT2D eigenvalue weighted by molar-refractivity contribution is -0.120. The van der Waals surface area contributed by atoms with E-state index in [1.54, 1.807) is 24.3 Å². The quantitative estimate of drug-likeness (QED) is 0.465. The van der Waals surface area contributed by atoms with Gasteiger partial charge >= 0.3 is 0 Å². The molecule has 3 aromatic rings. The minimum atomic E-state index is -3.65. The van der Waals surface area contributed by atoms with Crippen LogP contribution in [0.2, 0.25) is 0 Å². The van der Waals surface area contributed by atoms with E-state index >= 15 is 0 Å². The number of carbonyl (C=O) groups is 1. The molecule has 1 saturated carbocycles. The van der Waals surface area contributed by atoms with Crippen LogP contribution in [-0.2, 0) is 26.7 Å². The number of fused-ring (bicyclic) bond motifs is 1. The highest BCUT2D eigenvalue weighted by Crippen LogP contribution is 2.51. The molecule has 1 aliphatic carbocycles. The van der Waals surface area contributed by atoms with Crippen molar-refractivity contribution < 1.29 is 30.6 Å². The third kappa shape index (κ3) is 4.33. The number of ketones is 1. The summed E-state index contributed by atoms with van der Waals surface area (Å²) in [5, 5.41) is 9.54. The molecule has 196 valence electrons. The van der Waals surface area contributed by atoms with Gasteiger partial charge < -0.3 is 14.6 Å². The number of aliphatic hydroxyl groups excluding tert-OH is 1. The van der Waals surface area contributed by atoms with Crippen LogP contribution in [0.15, 0.2) is 71.6 Å². The van der Waals surface area contributed by atoms with Crippen molar-refractivity contribution >= 4 is 15.8 Å². The largest absolute Gasteiger partial charge is 0.454 e. The SMILES string of the molecule is O=C(Cc1cccc(-c2ccc(S(=O)(=O)N3CCC[C@@H]3CO)cc2)c1)C1(c2ccc3c(c2)OCO3)CC1.[HH].[HH]. The van der Waals surface area contributed by atoms with Gasteiger partial charge in [0, 0.05) is 21.9 Å². The lowest BCUT2D eigenvalue weighted by Crippen LogP contribution is -2.37. The number of rotatable bonds is 8. The van der Waals surface area contributed by atoms with Gasteiger partial charge in [0.1, 0.15) is 5.78 Å². The zero-order chi connectivity index (χ0) is 25.6. The number of nitrogens with zero attached hydrogens (tertiary/aromatic N) is 1. The van der Waals surface area contributed by atoms with E-state index in [0.717, 1.165) is 41.5 Å². The van der Waals surface area contributed by atoms with Crippen LogP contribution in [0, 0.1) is 0 Å². The van der Waals surface area contributed by atoms with Crippen molar-refractivity contribution in [1.82, 2.24) is 4.31 Å². The van der Waals surface area contributed by atoms with Crippen LogP contribution in [0.25, 0.3) is 11.1 Å². The second-order valence-corrected chi connectivity index (χ2v) is 12.0. The molecule has 0 bridgehead atoms. The van der Waals surface area contributed by atoms with E-state index in [0.29, 0.717) is 30.9 Å². The fourth-order valence-corrected chi connectivity index (χ4v) is 7.21. The highest BCUT2D eigenvalue weighted by molar-refractivity contribution is 7.89. The summed E-state index contributed by atoms with van der Waals surface area (Å²) >= 11 is 0. The lowest BCUT2D eigenvalue weighted by atomic mass is 9.87. The van der Waals surface area contributed by atoms with Crippen molar-refractivity contribution in [2.24, 2.45) is 0 Å². The van der Waals surface area contributed by atoms with Crippen LogP contribution in [0.3, 0.4) is 0 Å². The van der Waals surface area contributed by atoms with E-state index in [-0.39, 0.29) is 33.0 Å². The second kappa shape index (κ2) is 9.28. The molecule has 0 radical (unpaired) electrons. The molecular weight excluding hydrogens is 490 g/mol. The summed E-state index contributed by atoms with van der Waals surface area (Å²) in [6, 6.07) is 20.1. The molecule has 1 N–H and O–H groups in total. The highest BCUT2D eigenvalue weighted by atomic mass is 32.2. The van der Waals surface area contributed by atoms with Crippen LogP contribution in [0.4, 0.5) is 0 Å². The van der Waals surface area contributed by atoms with Gasteiger partial charge in [-0.05, 0) is 72.2 Å². The number of hydrogen-bond acceptors (Lipinski definition) is 6. The van der Waals surface area contributed by atoms with E-state index in [1.807, 2.05) is 42.5 Å². The van der Waals surface area contributed by atoms with Gasteiger partial charge in [-0.2, -0.15) is 4.31 Å². The Morgan fingerprint density at radius 1 is 1.00 bits per heavy atom. The average molecular weight is 524 g/mol. The van der Waals surface area contributed by atoms with Gasteiger partial charge in [-0.1, -0.05) is 42.5 Å². The molecule has 2 fully saturated rings. The van der Waals surface area contributed by atoms with Crippen molar-refractivity contribution in [3.63, 3.8) is 0 Å². The third-order valence-electron chi connectivity index (χ3n) is 7.83. The Morgan fingerprint density at radius 2 is 1.78 bits per heavy atom. The highest BCUT2D eigenvalue weighted by Gasteiger charge is 2.50. The van der Waals surface area contributed by atoms with Crippen molar-refractivity contribution in [2.75, 3.05) is 19.9 Å². The maximum absolute atomic E-state index is 13.4. The zero-order valence-electron chi connectivity index (χ0n) is 20.4. The third-order valence-corrected chi connectivity index (χ3v) is 9.79. The van der Waals surface area contributed by atoms with Crippen molar-refractivity contribution in [1.29, 1.82) is 0 Å². The molecule has 6 rings (SSSR count). The topological polar surface area (TPSA) is 93.1 Å². The van der Waals surface area contributed by atoms with E-state index in [9.17, 15) is 18.3 Å². The summed E-state index contributed by atoms with van der Waals surface area (Å²) in [5.41, 5.74) is 3.25. The monoisotopic (exact) mass is 523 g/mol. The minimum absolute atomic E-state index is 0. The Labute approximate surface area is 219 Å². The molecule has 0 amide bonds. The Hall–Kier alpha value is -3.20. The van der Waals surface area contributed by atoms with Gasteiger partial charge in [-0.3, -0.25) is 4.79 Å². The number of aliphatic hydroxyl groups is 1. The van der Waals surface area contributed by atoms with Crippen LogP contribution < -0.4 is 9.47 Å². The Bertz CT molecular complexity index is 1460. The zero-order valence-corrected chi connectivity index (χ0v) is 21.2. The summed E-state index contributed by atoms with van der Waals surface area (Å²) in [7, 11) is -3.65. The fourth-order valence-electron chi connectivity index (χ4n) is 5.53. The molecule has 0 spiro atoms. The molecule has 2 heterocycles. The van der Waals surface area contributed by atoms with Crippen LogP contribution in [0.1, 0.15) is 39.7 Å². The van der Waals surface area contributed by atoms with E-state index < -0.39 is 15.4 Å². The molecule has 2 aliphatic heterocycles. The molecule has 0 unspecified atom stereocenters. The summed E-state index contributed by atoms with van der Waals surface area (Å²) in [5.74, 6) is 1.60. The number of ether oxygens (including phenoxy) is 2. The summed E-state index contributed by atoms with van der Waals surface area (Å²) in [6.07, 6.45) is 3.41. The number of hydrogen-bond donors (Lipinski definition) is 1. The molecule has 8 heteroatoms. The Kier molecular flexibility index (Phi) is 6.06. The van der Waals surface area contributed by atoms with Gasteiger partial charge in [-0.15, -0.1) is 0 Å². The molecule has 7 nitrogen and oxygen atoms in total. The molecule has 3 aliphatic rings. The van der Waals surface area contributed by atoms with Crippen LogP contribution >= 0.6 is 0 Å². The smallest absolute Gasteiger partial charge is 0.243 e. The maximum atomic E-state index is 13.4. The van der Waals surface area contributed by atoms with Gasteiger partial charge in [0.25, 0.3) is 0 Å². The molecule has 3 aromatic carbocycles. The molecule has 37 heavy (non-hydrogen) atoms. The summed E-state index contributed by atoms with van der Waals surface area (Å²) in [6.45, 7) is 0.471. The Balaban J connectivity index is 0.00000176. The standard InChI is InChI=1S/C29H29NO6S.2H2/c31-18-24-5-2-14-30(24)37(33,34)25-9-6-21(7-10-25)22-4-1-3-20(15-22)16-28(32)29(12-13-29)23-8-11-26-27(17-23)36-19-35-26;;/h1,3-4,6-11,15,17,24,31H,2,5,12-14,16,18-19H2;2*1H/t24-;;/m1../s1. The minimum Gasteiger partial charge on any atom is -0.454 e. The number of sulfonamides is 1. The molecular formula is C29H33NO6S. The van der Waals surface area contributed by atoms with Gasteiger partial charge in [-0.25, -0.2) is 8.42 Å². The van der Waals surface area contributed by atoms with Crippen molar-refractivity contribution in [3.8, 4) is 22.6 Å². The first kappa shape index (κ1) is 24.2. The second-order valence-electron chi connectivity index (χ2n) is 10.1. The Morgan fingerprint density at radius 3 is 2.54 bits per heavy atom. The molecule has 1 saturated heterocycles. The van der Waals surface area contributed by atoms with E-state index in [1.165, 1.54) is 4.31 Å². The fraction of sp³-hybridized carbons (Fsp3) is 0.345. The predicted octanol–water partition coefficient (Wildman–Crippen LogP) is 4.56. The van der Waals surface area contributed by atoms with Crippen molar-refractivity contribution in [3.05, 3.63) is 77.9 Å². The summed E-state index contributed by atoms with van der Waals surface area (Å²) in [4.78, 5) is 13.6. The van der Waals surface area contributed by atoms with Gasteiger partial charge in [0.2, 0.25) is 16.8 Å².